The Morgan fingerprint density at radius 1 is 1.44 bits per heavy atom. The van der Waals surface area contributed by atoms with Crippen LogP contribution in [0.25, 0.3) is 0 Å². The lowest BCUT2D eigenvalue weighted by atomic mass is 9.84. The minimum absolute atomic E-state index is 0.00278. The third-order valence-corrected chi connectivity index (χ3v) is 5.08. The molecule has 0 aliphatic carbocycles. The first-order chi connectivity index (χ1) is 12.2. The maximum Gasteiger partial charge on any atom is 0.257 e. The van der Waals surface area contributed by atoms with Crippen molar-refractivity contribution in [1.29, 1.82) is 0 Å². The van der Waals surface area contributed by atoms with E-state index in [1.165, 1.54) is 18.1 Å². The van der Waals surface area contributed by atoms with Gasteiger partial charge in [0.15, 0.2) is 0 Å². The Morgan fingerprint density at radius 3 is 3.08 bits per heavy atom. The summed E-state index contributed by atoms with van der Waals surface area (Å²) in [7, 11) is 0. The summed E-state index contributed by atoms with van der Waals surface area (Å²) in [6.07, 6.45) is 8.51. The number of aryl methyl sites for hydroxylation is 1. The predicted octanol–water partition coefficient (Wildman–Crippen LogP) is 2.57. The molecule has 1 atom stereocenters. The SMILES string of the molecule is Cc1ccncc1COC1CCOC2(C1)CN(C(=O)c1ccoc1)C2. The van der Waals surface area contributed by atoms with Crippen LogP contribution in [0.1, 0.15) is 34.3 Å². The van der Waals surface area contributed by atoms with E-state index in [9.17, 15) is 4.79 Å². The van der Waals surface area contributed by atoms with Crippen molar-refractivity contribution in [2.75, 3.05) is 19.7 Å². The average molecular weight is 342 g/mol. The first-order valence-corrected chi connectivity index (χ1v) is 8.62. The van der Waals surface area contributed by atoms with Crippen LogP contribution in [0.3, 0.4) is 0 Å². The summed E-state index contributed by atoms with van der Waals surface area (Å²) >= 11 is 0. The van der Waals surface area contributed by atoms with Crippen molar-refractivity contribution in [2.45, 2.75) is 38.1 Å². The predicted molar refractivity (Wildman–Crippen MR) is 90.1 cm³/mol. The van der Waals surface area contributed by atoms with Crippen LogP contribution in [0.2, 0.25) is 0 Å². The molecule has 4 heterocycles. The topological polar surface area (TPSA) is 64.8 Å². The molecule has 2 fully saturated rings. The van der Waals surface area contributed by atoms with E-state index in [0.717, 1.165) is 18.4 Å². The number of nitrogens with zero attached hydrogens (tertiary/aromatic N) is 2. The molecule has 6 heteroatoms. The molecule has 132 valence electrons. The molecule has 0 bridgehead atoms. The van der Waals surface area contributed by atoms with Gasteiger partial charge in [-0.15, -0.1) is 0 Å². The maximum absolute atomic E-state index is 12.3. The summed E-state index contributed by atoms with van der Waals surface area (Å²) in [5, 5.41) is 0. The van der Waals surface area contributed by atoms with Crippen LogP contribution in [0.15, 0.2) is 41.5 Å². The van der Waals surface area contributed by atoms with E-state index in [1.807, 2.05) is 12.3 Å². The number of pyridine rings is 1. The molecule has 2 aliphatic rings. The Kier molecular flexibility index (Phi) is 4.31. The summed E-state index contributed by atoms with van der Waals surface area (Å²) in [6, 6.07) is 3.69. The number of furan rings is 1. The first kappa shape index (κ1) is 16.3. The molecule has 2 saturated heterocycles. The monoisotopic (exact) mass is 342 g/mol. The summed E-state index contributed by atoms with van der Waals surface area (Å²) in [5.74, 6) is -0.00278. The van der Waals surface area contributed by atoms with E-state index >= 15 is 0 Å². The van der Waals surface area contributed by atoms with Gasteiger partial charge in [-0.25, -0.2) is 0 Å². The van der Waals surface area contributed by atoms with Gasteiger partial charge in [0.1, 0.15) is 11.9 Å². The van der Waals surface area contributed by atoms with Crippen molar-refractivity contribution in [1.82, 2.24) is 9.88 Å². The molecule has 6 nitrogen and oxygen atoms in total. The van der Waals surface area contributed by atoms with Gasteiger partial charge in [-0.1, -0.05) is 0 Å². The zero-order valence-electron chi connectivity index (χ0n) is 14.3. The van der Waals surface area contributed by atoms with Crippen molar-refractivity contribution >= 4 is 5.91 Å². The fraction of sp³-hybridized carbons (Fsp3) is 0.474. The Labute approximate surface area is 146 Å². The lowest BCUT2D eigenvalue weighted by Crippen LogP contribution is -2.67. The highest BCUT2D eigenvalue weighted by Gasteiger charge is 2.49. The molecule has 2 aliphatic heterocycles. The minimum Gasteiger partial charge on any atom is -0.472 e. The van der Waals surface area contributed by atoms with Gasteiger partial charge in [-0.05, 0) is 36.6 Å². The zero-order chi connectivity index (χ0) is 17.3. The number of carbonyl (C=O) groups is 1. The lowest BCUT2D eigenvalue weighted by molar-refractivity contribution is -0.188. The Balaban J connectivity index is 1.32. The second kappa shape index (κ2) is 6.61. The van der Waals surface area contributed by atoms with E-state index < -0.39 is 0 Å². The molecular weight excluding hydrogens is 320 g/mol. The highest BCUT2D eigenvalue weighted by atomic mass is 16.5. The van der Waals surface area contributed by atoms with Crippen molar-refractivity contribution in [2.24, 2.45) is 0 Å². The first-order valence-electron chi connectivity index (χ1n) is 8.62. The number of ether oxygens (including phenoxy) is 2. The molecule has 1 amide bonds. The van der Waals surface area contributed by atoms with Gasteiger partial charge in [0, 0.05) is 25.4 Å². The number of likely N-dealkylation sites (tertiary alicyclic amines) is 1. The third-order valence-electron chi connectivity index (χ3n) is 5.08. The molecule has 0 aromatic carbocycles. The second-order valence-corrected chi connectivity index (χ2v) is 6.93. The van der Waals surface area contributed by atoms with Crippen LogP contribution in [-0.4, -0.2) is 47.2 Å². The van der Waals surface area contributed by atoms with Crippen LogP contribution < -0.4 is 0 Å². The van der Waals surface area contributed by atoms with Crippen LogP contribution in [0.5, 0.6) is 0 Å². The minimum atomic E-state index is -0.258. The molecule has 4 rings (SSSR count). The molecule has 0 saturated carbocycles. The van der Waals surface area contributed by atoms with Crippen LogP contribution in [-0.2, 0) is 16.1 Å². The normalized spacial score (nSPS) is 22.0. The van der Waals surface area contributed by atoms with Crippen molar-refractivity contribution < 1.29 is 18.7 Å². The summed E-state index contributed by atoms with van der Waals surface area (Å²) in [5.41, 5.74) is 2.64. The van der Waals surface area contributed by atoms with Crippen molar-refractivity contribution in [3.05, 3.63) is 53.7 Å². The maximum atomic E-state index is 12.3. The van der Waals surface area contributed by atoms with Gasteiger partial charge < -0.3 is 18.8 Å². The zero-order valence-corrected chi connectivity index (χ0v) is 14.3. The van der Waals surface area contributed by atoms with Crippen molar-refractivity contribution in [3.8, 4) is 0 Å². The molecule has 0 N–H and O–H groups in total. The van der Waals surface area contributed by atoms with E-state index in [2.05, 4.69) is 11.9 Å². The number of carbonyl (C=O) groups excluding carboxylic acids is 1. The average Bonchev–Trinajstić information content (AvgIpc) is 3.13. The van der Waals surface area contributed by atoms with Gasteiger partial charge in [0.25, 0.3) is 5.91 Å². The molecule has 1 spiro atoms. The van der Waals surface area contributed by atoms with Gasteiger partial charge >= 0.3 is 0 Å². The third kappa shape index (κ3) is 3.32. The fourth-order valence-electron chi connectivity index (χ4n) is 3.56. The molecule has 0 radical (unpaired) electrons. The molecule has 1 unspecified atom stereocenters. The Hall–Kier alpha value is -2.18. The van der Waals surface area contributed by atoms with Crippen LogP contribution in [0, 0.1) is 6.92 Å². The number of amides is 1. The lowest BCUT2D eigenvalue weighted by Gasteiger charge is -2.52. The van der Waals surface area contributed by atoms with E-state index in [4.69, 9.17) is 13.9 Å². The van der Waals surface area contributed by atoms with Gasteiger partial charge in [0.05, 0.1) is 37.6 Å². The van der Waals surface area contributed by atoms with Crippen LogP contribution in [0.4, 0.5) is 0 Å². The van der Waals surface area contributed by atoms with Crippen LogP contribution >= 0.6 is 0 Å². The molecule has 25 heavy (non-hydrogen) atoms. The standard InChI is InChI=1S/C19H22N2O4/c1-14-2-5-20-9-16(14)11-24-17-4-7-25-19(8-17)12-21(13-19)18(22)15-3-6-23-10-15/h2-3,5-6,9-10,17H,4,7-8,11-13H2,1H3. The molecule has 2 aromatic rings. The van der Waals surface area contributed by atoms with Gasteiger partial charge in [0.2, 0.25) is 0 Å². The largest absolute Gasteiger partial charge is 0.472 e. The van der Waals surface area contributed by atoms with Gasteiger partial charge in [-0.3, -0.25) is 9.78 Å². The highest BCUT2D eigenvalue weighted by molar-refractivity contribution is 5.94. The fourth-order valence-corrected chi connectivity index (χ4v) is 3.56. The summed E-state index contributed by atoms with van der Waals surface area (Å²) < 4.78 is 17.1. The van der Waals surface area contributed by atoms with E-state index in [1.54, 1.807) is 17.2 Å². The smallest absolute Gasteiger partial charge is 0.257 e. The molecular formula is C19H22N2O4. The van der Waals surface area contributed by atoms with E-state index in [-0.39, 0.29) is 17.6 Å². The number of aromatic nitrogens is 1. The molecule has 2 aromatic heterocycles. The summed E-state index contributed by atoms with van der Waals surface area (Å²) in [6.45, 7) is 4.53. The summed E-state index contributed by atoms with van der Waals surface area (Å²) in [4.78, 5) is 18.3. The van der Waals surface area contributed by atoms with E-state index in [0.29, 0.717) is 31.9 Å². The highest BCUT2D eigenvalue weighted by Crippen LogP contribution is 2.36. The van der Waals surface area contributed by atoms with Crippen molar-refractivity contribution in [3.63, 3.8) is 0 Å². The Bertz CT molecular complexity index is 738. The number of hydrogen-bond acceptors (Lipinski definition) is 5. The Morgan fingerprint density at radius 2 is 2.32 bits per heavy atom. The van der Waals surface area contributed by atoms with Gasteiger partial charge in [-0.2, -0.15) is 0 Å². The second-order valence-electron chi connectivity index (χ2n) is 6.93. The number of hydrogen-bond donors (Lipinski definition) is 0. The number of rotatable bonds is 4. The quantitative estimate of drug-likeness (QED) is 0.854.